The maximum Gasteiger partial charge on any atom is 0.115 e. The second kappa shape index (κ2) is 8.53. The van der Waals surface area contributed by atoms with Crippen LogP contribution in [0.15, 0.2) is 54.6 Å². The number of hydrogen-bond acceptors (Lipinski definition) is 2. The minimum atomic E-state index is 0.329. The van der Waals surface area contributed by atoms with E-state index in [9.17, 15) is 0 Å². The van der Waals surface area contributed by atoms with Crippen LogP contribution in [0.25, 0.3) is 0 Å². The molecule has 1 aliphatic heterocycles. The van der Waals surface area contributed by atoms with Crippen LogP contribution < -0.4 is 0 Å². The lowest BCUT2D eigenvalue weighted by atomic mass is 9.96. The SMILES string of the molecule is CCN1C[C@H]2CC(Cc3ccccc3)C[C@H]2C1.Cc1ccc(O)cc1. The van der Waals surface area contributed by atoms with Gasteiger partial charge in [-0.25, -0.2) is 0 Å². The molecule has 25 heavy (non-hydrogen) atoms. The molecule has 2 nitrogen and oxygen atoms in total. The molecular formula is C23H31NO. The fourth-order valence-electron chi connectivity index (χ4n) is 4.44. The molecule has 3 atom stereocenters. The highest BCUT2D eigenvalue weighted by molar-refractivity contribution is 5.24. The molecular weight excluding hydrogens is 306 g/mol. The average Bonchev–Trinajstić information content (AvgIpc) is 3.17. The van der Waals surface area contributed by atoms with Gasteiger partial charge in [-0.1, -0.05) is 55.0 Å². The smallest absolute Gasteiger partial charge is 0.115 e. The molecule has 1 saturated carbocycles. The fraction of sp³-hybridized carbons (Fsp3) is 0.478. The van der Waals surface area contributed by atoms with Crippen molar-refractivity contribution in [2.45, 2.75) is 33.1 Å². The van der Waals surface area contributed by atoms with Gasteiger partial charge in [-0.15, -0.1) is 0 Å². The van der Waals surface area contributed by atoms with E-state index in [-0.39, 0.29) is 0 Å². The summed E-state index contributed by atoms with van der Waals surface area (Å²) in [5.74, 6) is 3.29. The lowest BCUT2D eigenvalue weighted by molar-refractivity contribution is 0.311. The highest BCUT2D eigenvalue weighted by Crippen LogP contribution is 2.42. The Morgan fingerprint density at radius 1 is 0.920 bits per heavy atom. The lowest BCUT2D eigenvalue weighted by Crippen LogP contribution is -2.21. The molecule has 1 saturated heterocycles. The third-order valence-corrected chi connectivity index (χ3v) is 5.77. The Bertz CT molecular complexity index is 602. The van der Waals surface area contributed by atoms with Gasteiger partial charge >= 0.3 is 0 Å². The maximum absolute atomic E-state index is 8.76. The van der Waals surface area contributed by atoms with Gasteiger partial charge in [0.05, 0.1) is 0 Å². The molecule has 1 unspecified atom stereocenters. The van der Waals surface area contributed by atoms with Crippen LogP contribution in [-0.2, 0) is 6.42 Å². The van der Waals surface area contributed by atoms with Gasteiger partial charge in [-0.2, -0.15) is 0 Å². The van der Waals surface area contributed by atoms with E-state index in [2.05, 4.69) is 42.2 Å². The van der Waals surface area contributed by atoms with E-state index in [0.29, 0.717) is 5.75 Å². The molecule has 0 spiro atoms. The number of benzene rings is 2. The van der Waals surface area contributed by atoms with Crippen molar-refractivity contribution in [1.29, 1.82) is 0 Å². The van der Waals surface area contributed by atoms with Crippen LogP contribution in [0.2, 0.25) is 0 Å². The van der Waals surface area contributed by atoms with Crippen LogP contribution in [0.3, 0.4) is 0 Å². The topological polar surface area (TPSA) is 23.5 Å². The number of nitrogens with zero attached hydrogens (tertiary/aromatic N) is 1. The molecule has 0 aromatic heterocycles. The minimum absolute atomic E-state index is 0.329. The van der Waals surface area contributed by atoms with Gasteiger partial charge in [0.25, 0.3) is 0 Å². The number of phenolic OH excluding ortho intramolecular Hbond substituents is 1. The van der Waals surface area contributed by atoms with E-state index >= 15 is 0 Å². The summed E-state index contributed by atoms with van der Waals surface area (Å²) in [7, 11) is 0. The summed E-state index contributed by atoms with van der Waals surface area (Å²) < 4.78 is 0. The van der Waals surface area contributed by atoms with Gasteiger partial charge < -0.3 is 10.0 Å². The number of hydrogen-bond donors (Lipinski definition) is 1. The number of phenols is 1. The van der Waals surface area contributed by atoms with Crippen molar-refractivity contribution < 1.29 is 5.11 Å². The Kier molecular flexibility index (Phi) is 6.14. The highest BCUT2D eigenvalue weighted by Gasteiger charge is 2.39. The second-order valence-corrected chi connectivity index (χ2v) is 7.74. The number of aryl methyl sites for hydroxylation is 1. The van der Waals surface area contributed by atoms with E-state index in [0.717, 1.165) is 17.8 Å². The normalized spacial score (nSPS) is 25.3. The molecule has 0 radical (unpaired) electrons. The van der Waals surface area contributed by atoms with Crippen LogP contribution in [0.1, 0.15) is 30.9 Å². The molecule has 1 N–H and O–H groups in total. The predicted octanol–water partition coefficient (Wildman–Crippen LogP) is 4.91. The van der Waals surface area contributed by atoms with E-state index in [1.165, 1.54) is 50.0 Å². The van der Waals surface area contributed by atoms with Crippen molar-refractivity contribution in [1.82, 2.24) is 4.90 Å². The zero-order chi connectivity index (χ0) is 17.6. The first kappa shape index (κ1) is 18.0. The summed E-state index contributed by atoms with van der Waals surface area (Å²) in [5.41, 5.74) is 2.70. The van der Waals surface area contributed by atoms with Crippen LogP contribution in [0.4, 0.5) is 0 Å². The van der Waals surface area contributed by atoms with Gasteiger partial charge in [0, 0.05) is 13.1 Å². The van der Waals surface area contributed by atoms with Gasteiger partial charge in [0.2, 0.25) is 0 Å². The van der Waals surface area contributed by atoms with Gasteiger partial charge in [0.1, 0.15) is 5.75 Å². The number of likely N-dealkylation sites (tertiary alicyclic amines) is 1. The Labute approximate surface area is 152 Å². The molecule has 2 aromatic rings. The molecule has 4 rings (SSSR count). The summed E-state index contributed by atoms with van der Waals surface area (Å²) in [4.78, 5) is 2.63. The molecule has 2 fully saturated rings. The van der Waals surface area contributed by atoms with Crippen molar-refractivity contribution in [3.05, 3.63) is 65.7 Å². The molecule has 2 heteroatoms. The second-order valence-electron chi connectivity index (χ2n) is 7.74. The Morgan fingerprint density at radius 2 is 1.52 bits per heavy atom. The van der Waals surface area contributed by atoms with Crippen molar-refractivity contribution in [3.8, 4) is 5.75 Å². The summed E-state index contributed by atoms with van der Waals surface area (Å²) in [5, 5.41) is 8.76. The summed E-state index contributed by atoms with van der Waals surface area (Å²) in [6, 6.07) is 18.1. The quantitative estimate of drug-likeness (QED) is 0.860. The van der Waals surface area contributed by atoms with Gasteiger partial charge in [-0.05, 0) is 68.2 Å². The molecule has 2 aliphatic rings. The number of rotatable bonds is 3. The highest BCUT2D eigenvalue weighted by atomic mass is 16.3. The third kappa shape index (κ3) is 5.09. The average molecular weight is 338 g/mol. The van der Waals surface area contributed by atoms with Gasteiger partial charge in [0.15, 0.2) is 0 Å². The Balaban J connectivity index is 0.000000192. The van der Waals surface area contributed by atoms with Crippen molar-refractivity contribution >= 4 is 0 Å². The fourth-order valence-corrected chi connectivity index (χ4v) is 4.44. The van der Waals surface area contributed by atoms with Crippen LogP contribution in [-0.4, -0.2) is 29.6 Å². The molecule has 0 bridgehead atoms. The minimum Gasteiger partial charge on any atom is -0.508 e. The van der Waals surface area contributed by atoms with Crippen molar-refractivity contribution in [2.75, 3.05) is 19.6 Å². The van der Waals surface area contributed by atoms with E-state index in [4.69, 9.17) is 5.11 Å². The number of fused-ring (bicyclic) bond motifs is 1. The maximum atomic E-state index is 8.76. The van der Waals surface area contributed by atoms with Crippen molar-refractivity contribution in [3.63, 3.8) is 0 Å². The first-order valence-electron chi connectivity index (χ1n) is 9.66. The summed E-state index contributed by atoms with van der Waals surface area (Å²) >= 11 is 0. The zero-order valence-electron chi connectivity index (χ0n) is 15.6. The first-order chi connectivity index (χ1) is 12.1. The molecule has 2 aromatic carbocycles. The molecule has 0 amide bonds. The van der Waals surface area contributed by atoms with E-state index < -0.39 is 0 Å². The molecule has 134 valence electrons. The first-order valence-corrected chi connectivity index (χ1v) is 9.66. The van der Waals surface area contributed by atoms with Gasteiger partial charge in [-0.3, -0.25) is 0 Å². The predicted molar refractivity (Wildman–Crippen MR) is 105 cm³/mol. The van der Waals surface area contributed by atoms with Crippen LogP contribution in [0.5, 0.6) is 5.75 Å². The monoisotopic (exact) mass is 337 g/mol. The van der Waals surface area contributed by atoms with Crippen LogP contribution >= 0.6 is 0 Å². The Morgan fingerprint density at radius 3 is 2.04 bits per heavy atom. The number of aromatic hydroxyl groups is 1. The van der Waals surface area contributed by atoms with E-state index in [1.807, 2.05) is 19.1 Å². The standard InChI is InChI=1S/C16H23N.C7H8O/c1-2-17-11-15-9-14(10-16(15)12-17)8-13-6-4-3-5-7-13;1-6-2-4-7(8)5-3-6/h3-7,14-16H,2,8-12H2,1H3;2-5,8H,1H3/t14?,15-,16+;. The largest absolute Gasteiger partial charge is 0.508 e. The Hall–Kier alpha value is -1.80. The third-order valence-electron chi connectivity index (χ3n) is 5.77. The zero-order valence-corrected chi connectivity index (χ0v) is 15.6. The molecule has 1 heterocycles. The summed E-state index contributed by atoms with van der Waals surface area (Å²) in [6.07, 6.45) is 4.24. The van der Waals surface area contributed by atoms with E-state index in [1.54, 1.807) is 12.1 Å². The summed E-state index contributed by atoms with van der Waals surface area (Å²) in [6.45, 7) is 8.26. The van der Waals surface area contributed by atoms with Crippen LogP contribution in [0, 0.1) is 24.7 Å². The molecule has 1 aliphatic carbocycles. The van der Waals surface area contributed by atoms with Crippen molar-refractivity contribution in [2.24, 2.45) is 17.8 Å². The lowest BCUT2D eigenvalue weighted by Gasteiger charge is -2.16.